The van der Waals surface area contributed by atoms with E-state index in [1.807, 2.05) is 42.2 Å². The first-order valence-electron chi connectivity index (χ1n) is 10.5. The molecule has 0 spiro atoms. The Bertz CT molecular complexity index is 919. The standard InChI is InChI=1S/C23H29N3O4/c1-4-12-30-17-11-10-14(13-18(17)29-3)22-19-20(15-8-6-7-9-16(15)27)24-25-21(19)23(28)26(22)5-2/h6-11,13,19-22,24-25,27H,4-5,12H2,1-3H3. The quantitative estimate of drug-likeness (QED) is 0.650. The predicted molar refractivity (Wildman–Crippen MR) is 113 cm³/mol. The van der Waals surface area contributed by atoms with E-state index in [0.29, 0.717) is 24.7 Å². The van der Waals surface area contributed by atoms with Gasteiger partial charge < -0.3 is 19.5 Å². The molecule has 1 amide bonds. The molecule has 3 N–H and O–H groups in total. The number of aromatic hydroxyl groups is 1. The van der Waals surface area contributed by atoms with Crippen LogP contribution in [-0.2, 0) is 4.79 Å². The summed E-state index contributed by atoms with van der Waals surface area (Å²) >= 11 is 0. The van der Waals surface area contributed by atoms with Crippen LogP contribution in [0.4, 0.5) is 0 Å². The molecule has 0 bridgehead atoms. The molecule has 0 radical (unpaired) electrons. The first-order chi connectivity index (χ1) is 14.6. The van der Waals surface area contributed by atoms with Crippen molar-refractivity contribution in [2.75, 3.05) is 20.3 Å². The zero-order valence-electron chi connectivity index (χ0n) is 17.6. The van der Waals surface area contributed by atoms with Gasteiger partial charge in [0.1, 0.15) is 11.8 Å². The Morgan fingerprint density at radius 1 is 1.07 bits per heavy atom. The number of nitrogens with one attached hydrogen (secondary N) is 2. The van der Waals surface area contributed by atoms with Crippen molar-refractivity contribution in [3.8, 4) is 17.2 Å². The molecule has 30 heavy (non-hydrogen) atoms. The number of rotatable bonds is 7. The molecule has 2 fully saturated rings. The number of carbonyl (C=O) groups is 1. The molecule has 160 valence electrons. The number of fused-ring (bicyclic) bond motifs is 1. The Morgan fingerprint density at radius 2 is 1.83 bits per heavy atom. The van der Waals surface area contributed by atoms with Crippen LogP contribution < -0.4 is 20.3 Å². The van der Waals surface area contributed by atoms with E-state index in [4.69, 9.17) is 9.47 Å². The fourth-order valence-electron chi connectivity index (χ4n) is 4.67. The van der Waals surface area contributed by atoms with Crippen LogP contribution in [0.15, 0.2) is 42.5 Å². The number of benzene rings is 2. The highest BCUT2D eigenvalue weighted by atomic mass is 16.5. The van der Waals surface area contributed by atoms with E-state index in [1.54, 1.807) is 19.2 Å². The van der Waals surface area contributed by atoms with Gasteiger partial charge in [0.15, 0.2) is 11.5 Å². The number of methoxy groups -OCH3 is 1. The molecule has 0 saturated carbocycles. The zero-order chi connectivity index (χ0) is 21.3. The third-order valence-corrected chi connectivity index (χ3v) is 6.02. The van der Waals surface area contributed by atoms with Crippen molar-refractivity contribution >= 4 is 5.91 Å². The number of carbonyl (C=O) groups excluding carboxylic acids is 1. The second kappa shape index (κ2) is 8.53. The van der Waals surface area contributed by atoms with E-state index in [-0.39, 0.29) is 35.7 Å². The number of ether oxygens (including phenoxy) is 2. The number of hydrogen-bond acceptors (Lipinski definition) is 6. The van der Waals surface area contributed by atoms with Gasteiger partial charge in [-0.05, 0) is 37.1 Å². The Hall–Kier alpha value is -2.77. The third-order valence-electron chi connectivity index (χ3n) is 6.02. The molecule has 2 saturated heterocycles. The summed E-state index contributed by atoms with van der Waals surface area (Å²) in [6.07, 6.45) is 0.912. The molecule has 2 heterocycles. The number of hydrogen-bond donors (Lipinski definition) is 3. The van der Waals surface area contributed by atoms with Crippen LogP contribution in [0.25, 0.3) is 0 Å². The van der Waals surface area contributed by atoms with Crippen molar-refractivity contribution in [2.24, 2.45) is 5.92 Å². The number of phenolic OH excluding ortho intramolecular Hbond substituents is 1. The number of likely N-dealkylation sites (N-methyl/N-ethyl adjacent to an activating group) is 1. The minimum absolute atomic E-state index is 0.0585. The van der Waals surface area contributed by atoms with Gasteiger partial charge in [0.25, 0.3) is 0 Å². The van der Waals surface area contributed by atoms with E-state index >= 15 is 0 Å². The van der Waals surface area contributed by atoms with E-state index < -0.39 is 0 Å². The predicted octanol–water partition coefficient (Wildman–Crippen LogP) is 2.93. The van der Waals surface area contributed by atoms with Crippen LogP contribution in [0.5, 0.6) is 17.2 Å². The van der Waals surface area contributed by atoms with Gasteiger partial charge in [-0.25, -0.2) is 10.9 Å². The Labute approximate surface area is 177 Å². The van der Waals surface area contributed by atoms with Crippen molar-refractivity contribution in [1.82, 2.24) is 15.8 Å². The van der Waals surface area contributed by atoms with E-state index in [2.05, 4.69) is 17.8 Å². The molecule has 7 heteroatoms. The van der Waals surface area contributed by atoms with Gasteiger partial charge in [-0.15, -0.1) is 0 Å². The maximum Gasteiger partial charge on any atom is 0.242 e. The van der Waals surface area contributed by atoms with Crippen molar-refractivity contribution in [1.29, 1.82) is 0 Å². The Balaban J connectivity index is 1.74. The number of para-hydroxylation sites is 1. The van der Waals surface area contributed by atoms with Crippen LogP contribution in [0.3, 0.4) is 0 Å². The van der Waals surface area contributed by atoms with Gasteiger partial charge in [-0.2, -0.15) is 0 Å². The summed E-state index contributed by atoms with van der Waals surface area (Å²) in [5, 5.41) is 10.4. The molecular formula is C23H29N3O4. The molecular weight excluding hydrogens is 382 g/mol. The van der Waals surface area contributed by atoms with Crippen LogP contribution in [0, 0.1) is 5.92 Å². The Kier molecular flexibility index (Phi) is 5.83. The van der Waals surface area contributed by atoms with Crippen LogP contribution in [0.1, 0.15) is 43.5 Å². The maximum absolute atomic E-state index is 13.1. The van der Waals surface area contributed by atoms with Crippen LogP contribution in [0.2, 0.25) is 0 Å². The second-order valence-corrected chi connectivity index (χ2v) is 7.71. The highest BCUT2D eigenvalue weighted by Crippen LogP contribution is 2.49. The summed E-state index contributed by atoms with van der Waals surface area (Å²) < 4.78 is 11.4. The van der Waals surface area contributed by atoms with Crippen molar-refractivity contribution in [3.63, 3.8) is 0 Å². The van der Waals surface area contributed by atoms with Gasteiger partial charge in [-0.3, -0.25) is 4.79 Å². The molecule has 0 aromatic heterocycles. The summed E-state index contributed by atoms with van der Waals surface area (Å²) in [4.78, 5) is 15.0. The third kappa shape index (κ3) is 3.38. The average molecular weight is 412 g/mol. The fourth-order valence-corrected chi connectivity index (χ4v) is 4.67. The maximum atomic E-state index is 13.1. The van der Waals surface area contributed by atoms with E-state index in [1.165, 1.54) is 0 Å². The Morgan fingerprint density at radius 3 is 2.53 bits per heavy atom. The summed E-state index contributed by atoms with van der Waals surface area (Å²) in [6.45, 7) is 5.27. The topological polar surface area (TPSA) is 83.1 Å². The SMILES string of the molecule is CCCOc1ccc(C2C3C(NNC3c3ccccc3O)C(=O)N2CC)cc1OC. The lowest BCUT2D eigenvalue weighted by Crippen LogP contribution is -2.41. The fraction of sp³-hybridized carbons (Fsp3) is 0.435. The first kappa shape index (κ1) is 20.5. The molecule has 4 atom stereocenters. The molecule has 2 aliphatic heterocycles. The summed E-state index contributed by atoms with van der Waals surface area (Å²) in [5.74, 6) is 1.55. The summed E-state index contributed by atoms with van der Waals surface area (Å²) in [7, 11) is 1.63. The lowest BCUT2D eigenvalue weighted by Gasteiger charge is -2.31. The minimum Gasteiger partial charge on any atom is -0.508 e. The van der Waals surface area contributed by atoms with Gasteiger partial charge >= 0.3 is 0 Å². The van der Waals surface area contributed by atoms with Crippen LogP contribution in [-0.4, -0.2) is 42.2 Å². The zero-order valence-corrected chi connectivity index (χ0v) is 17.6. The number of nitrogens with zero attached hydrogens (tertiary/aromatic N) is 1. The number of phenols is 1. The number of likely N-dealkylation sites (tertiary alicyclic amines) is 1. The first-order valence-corrected chi connectivity index (χ1v) is 10.5. The summed E-state index contributed by atoms with van der Waals surface area (Å²) in [6, 6.07) is 12.4. The monoisotopic (exact) mass is 411 g/mol. The summed E-state index contributed by atoms with van der Waals surface area (Å²) in [5.41, 5.74) is 8.18. The molecule has 7 nitrogen and oxygen atoms in total. The largest absolute Gasteiger partial charge is 0.508 e. The lowest BCUT2D eigenvalue weighted by atomic mass is 9.83. The average Bonchev–Trinajstić information content (AvgIpc) is 3.31. The normalized spacial score (nSPS) is 25.4. The molecule has 2 aliphatic rings. The van der Waals surface area contributed by atoms with Crippen molar-refractivity contribution < 1.29 is 19.4 Å². The second-order valence-electron chi connectivity index (χ2n) is 7.71. The minimum atomic E-state index is -0.360. The van der Waals surface area contributed by atoms with Crippen LogP contribution >= 0.6 is 0 Å². The molecule has 0 aliphatic carbocycles. The number of hydrazine groups is 1. The smallest absolute Gasteiger partial charge is 0.242 e. The molecule has 4 unspecified atom stereocenters. The van der Waals surface area contributed by atoms with Crippen molar-refractivity contribution in [2.45, 2.75) is 38.4 Å². The lowest BCUT2D eigenvalue weighted by molar-refractivity contribution is -0.130. The van der Waals surface area contributed by atoms with Gasteiger partial charge in [0, 0.05) is 18.0 Å². The van der Waals surface area contributed by atoms with E-state index in [0.717, 1.165) is 17.5 Å². The van der Waals surface area contributed by atoms with Crippen molar-refractivity contribution in [3.05, 3.63) is 53.6 Å². The van der Waals surface area contributed by atoms with Gasteiger partial charge in [0.05, 0.1) is 25.8 Å². The molecule has 2 aromatic rings. The van der Waals surface area contributed by atoms with Gasteiger partial charge in [0.2, 0.25) is 5.91 Å². The molecule has 2 aromatic carbocycles. The number of amides is 1. The van der Waals surface area contributed by atoms with Gasteiger partial charge in [-0.1, -0.05) is 31.2 Å². The highest BCUT2D eigenvalue weighted by Gasteiger charge is 2.55. The molecule has 4 rings (SSSR count). The highest BCUT2D eigenvalue weighted by molar-refractivity contribution is 5.86. The van der Waals surface area contributed by atoms with E-state index in [9.17, 15) is 9.90 Å².